The molecule has 100 valence electrons. The van der Waals surface area contributed by atoms with Gasteiger partial charge in [-0.1, -0.05) is 6.07 Å². The summed E-state index contributed by atoms with van der Waals surface area (Å²) >= 11 is 3.70. The van der Waals surface area contributed by atoms with Gasteiger partial charge in [0.15, 0.2) is 0 Å². The van der Waals surface area contributed by atoms with E-state index in [1.807, 2.05) is 0 Å². The minimum atomic E-state index is 0.131. The molecule has 1 heterocycles. The Labute approximate surface area is 119 Å². The Balaban J connectivity index is 2.32. The number of piperazine rings is 1. The number of nitrogens with zero attached hydrogens (tertiary/aromatic N) is 1. The Morgan fingerprint density at radius 1 is 1.11 bits per heavy atom. The molecule has 0 amide bonds. The largest absolute Gasteiger partial charge is 0.367 e. The molecule has 18 heavy (non-hydrogen) atoms. The maximum absolute atomic E-state index is 3.71. The molecule has 0 radical (unpaired) electrons. The minimum Gasteiger partial charge on any atom is -0.367 e. The van der Waals surface area contributed by atoms with E-state index in [2.05, 4.69) is 79.0 Å². The third-order valence-corrected chi connectivity index (χ3v) is 3.93. The number of hydrogen-bond acceptors (Lipinski definition) is 2. The first-order chi connectivity index (χ1) is 8.19. The van der Waals surface area contributed by atoms with E-state index in [-0.39, 0.29) is 11.1 Å². The van der Waals surface area contributed by atoms with Crippen LogP contribution in [0.15, 0.2) is 22.7 Å². The fraction of sp³-hybridized carbons (Fsp3) is 0.600. The molecule has 0 bridgehead atoms. The van der Waals surface area contributed by atoms with Crippen LogP contribution in [0.25, 0.3) is 0 Å². The molecule has 1 aromatic rings. The van der Waals surface area contributed by atoms with Gasteiger partial charge in [-0.3, -0.25) is 0 Å². The number of anilines is 1. The van der Waals surface area contributed by atoms with Crippen molar-refractivity contribution >= 4 is 21.6 Å². The van der Waals surface area contributed by atoms with Gasteiger partial charge in [-0.05, 0) is 68.2 Å². The molecule has 1 saturated heterocycles. The van der Waals surface area contributed by atoms with Crippen molar-refractivity contribution in [3.05, 3.63) is 28.2 Å². The summed E-state index contributed by atoms with van der Waals surface area (Å²) in [6.45, 7) is 13.2. The summed E-state index contributed by atoms with van der Waals surface area (Å²) < 4.78 is 1.19. The van der Waals surface area contributed by atoms with Crippen LogP contribution in [0.5, 0.6) is 0 Å². The van der Waals surface area contributed by atoms with Gasteiger partial charge >= 0.3 is 0 Å². The predicted molar refractivity (Wildman–Crippen MR) is 82.4 cm³/mol. The molecule has 1 fully saturated rings. The van der Waals surface area contributed by atoms with Crippen LogP contribution in [0.2, 0.25) is 0 Å². The lowest BCUT2D eigenvalue weighted by Crippen LogP contribution is -2.67. The van der Waals surface area contributed by atoms with Crippen LogP contribution < -0.4 is 10.2 Å². The van der Waals surface area contributed by atoms with Crippen LogP contribution in [0.1, 0.15) is 33.3 Å². The van der Waals surface area contributed by atoms with E-state index in [1.54, 1.807) is 0 Å². The lowest BCUT2D eigenvalue weighted by atomic mass is 9.91. The fourth-order valence-corrected chi connectivity index (χ4v) is 3.79. The summed E-state index contributed by atoms with van der Waals surface area (Å²) in [5.74, 6) is 0. The highest BCUT2D eigenvalue weighted by Crippen LogP contribution is 2.32. The Kier molecular flexibility index (Phi) is 3.50. The fourth-order valence-electron chi connectivity index (χ4n) is 3.04. The lowest BCUT2D eigenvalue weighted by Gasteiger charge is -2.49. The number of benzene rings is 1. The number of hydrogen-bond donors (Lipinski definition) is 1. The van der Waals surface area contributed by atoms with Crippen molar-refractivity contribution < 1.29 is 0 Å². The third-order valence-electron chi connectivity index (χ3n) is 3.29. The van der Waals surface area contributed by atoms with Gasteiger partial charge in [-0.2, -0.15) is 0 Å². The molecule has 0 spiro atoms. The Morgan fingerprint density at radius 2 is 1.67 bits per heavy atom. The summed E-state index contributed by atoms with van der Waals surface area (Å²) in [5.41, 5.74) is 2.85. The molecular formula is C15H23BrN2. The van der Waals surface area contributed by atoms with Crippen LogP contribution in [0, 0.1) is 6.92 Å². The molecule has 3 heteroatoms. The smallest absolute Gasteiger partial charge is 0.0512 e. The molecule has 1 aromatic carbocycles. The average molecular weight is 311 g/mol. The molecule has 0 unspecified atom stereocenters. The van der Waals surface area contributed by atoms with E-state index in [0.717, 1.165) is 13.1 Å². The van der Waals surface area contributed by atoms with E-state index in [1.165, 1.54) is 15.7 Å². The molecule has 2 rings (SSSR count). The van der Waals surface area contributed by atoms with Gasteiger partial charge in [0.05, 0.1) is 5.69 Å². The average Bonchev–Trinajstić information content (AvgIpc) is 2.11. The first kappa shape index (κ1) is 13.9. The molecule has 1 N–H and O–H groups in total. The second-order valence-electron chi connectivity index (χ2n) is 6.70. The predicted octanol–water partition coefficient (Wildman–Crippen LogP) is 3.72. The molecule has 2 nitrogen and oxygen atoms in total. The maximum Gasteiger partial charge on any atom is 0.0512 e. The zero-order valence-corrected chi connectivity index (χ0v) is 13.6. The van der Waals surface area contributed by atoms with Crippen molar-refractivity contribution in [1.82, 2.24) is 5.32 Å². The van der Waals surface area contributed by atoms with Gasteiger partial charge in [-0.25, -0.2) is 0 Å². The van der Waals surface area contributed by atoms with Crippen LogP contribution in [0.4, 0.5) is 5.69 Å². The summed E-state index contributed by atoms with van der Waals surface area (Å²) in [6, 6.07) is 6.59. The second-order valence-corrected chi connectivity index (χ2v) is 7.56. The van der Waals surface area contributed by atoms with E-state index >= 15 is 0 Å². The second kappa shape index (κ2) is 4.53. The van der Waals surface area contributed by atoms with Crippen LogP contribution in [-0.2, 0) is 0 Å². The standard InChI is InChI=1S/C15H23BrN2/c1-11-6-7-13(12(16)8-11)18-9-14(2,3)17-15(4,5)10-18/h6-8,17H,9-10H2,1-5H3. The zero-order chi connectivity index (χ0) is 13.6. The number of halogens is 1. The van der Waals surface area contributed by atoms with Gasteiger partial charge in [0.1, 0.15) is 0 Å². The Morgan fingerprint density at radius 3 is 2.17 bits per heavy atom. The Bertz CT molecular complexity index is 436. The SMILES string of the molecule is Cc1ccc(N2CC(C)(C)NC(C)(C)C2)c(Br)c1. The van der Waals surface area contributed by atoms with E-state index in [0.29, 0.717) is 0 Å². The molecule has 0 atom stereocenters. The van der Waals surface area contributed by atoms with Crippen molar-refractivity contribution in [2.24, 2.45) is 0 Å². The molecule has 1 aliphatic rings. The normalized spacial score (nSPS) is 22.0. The van der Waals surface area contributed by atoms with Gasteiger partial charge < -0.3 is 10.2 Å². The summed E-state index contributed by atoms with van der Waals surface area (Å²) in [6.07, 6.45) is 0. The Hall–Kier alpha value is -0.540. The van der Waals surface area contributed by atoms with Crippen molar-refractivity contribution in [3.8, 4) is 0 Å². The number of rotatable bonds is 1. The van der Waals surface area contributed by atoms with Gasteiger partial charge in [-0.15, -0.1) is 0 Å². The molecule has 0 aliphatic carbocycles. The van der Waals surface area contributed by atoms with Crippen LogP contribution in [-0.4, -0.2) is 24.2 Å². The highest BCUT2D eigenvalue weighted by molar-refractivity contribution is 9.10. The number of nitrogens with one attached hydrogen (secondary N) is 1. The van der Waals surface area contributed by atoms with E-state index in [4.69, 9.17) is 0 Å². The van der Waals surface area contributed by atoms with Gasteiger partial charge in [0.2, 0.25) is 0 Å². The van der Waals surface area contributed by atoms with Crippen LogP contribution >= 0.6 is 15.9 Å². The molecular weight excluding hydrogens is 288 g/mol. The van der Waals surface area contributed by atoms with E-state index in [9.17, 15) is 0 Å². The summed E-state index contributed by atoms with van der Waals surface area (Å²) in [5, 5.41) is 3.71. The number of aryl methyl sites for hydroxylation is 1. The van der Waals surface area contributed by atoms with Crippen molar-refractivity contribution in [3.63, 3.8) is 0 Å². The monoisotopic (exact) mass is 310 g/mol. The van der Waals surface area contributed by atoms with Crippen molar-refractivity contribution in [2.45, 2.75) is 45.7 Å². The highest BCUT2D eigenvalue weighted by Gasteiger charge is 2.36. The first-order valence-electron chi connectivity index (χ1n) is 6.49. The maximum atomic E-state index is 3.71. The minimum absolute atomic E-state index is 0.131. The lowest BCUT2D eigenvalue weighted by molar-refractivity contribution is 0.226. The molecule has 1 aliphatic heterocycles. The topological polar surface area (TPSA) is 15.3 Å². The quantitative estimate of drug-likeness (QED) is 0.850. The van der Waals surface area contributed by atoms with Gasteiger partial charge in [0.25, 0.3) is 0 Å². The first-order valence-corrected chi connectivity index (χ1v) is 7.28. The molecule has 0 saturated carbocycles. The van der Waals surface area contributed by atoms with Gasteiger partial charge in [0, 0.05) is 28.6 Å². The zero-order valence-electron chi connectivity index (χ0n) is 12.0. The van der Waals surface area contributed by atoms with Crippen molar-refractivity contribution in [2.75, 3.05) is 18.0 Å². The molecule has 0 aromatic heterocycles. The van der Waals surface area contributed by atoms with E-state index < -0.39 is 0 Å². The van der Waals surface area contributed by atoms with Crippen molar-refractivity contribution in [1.29, 1.82) is 0 Å². The highest BCUT2D eigenvalue weighted by atomic mass is 79.9. The summed E-state index contributed by atoms with van der Waals surface area (Å²) in [4.78, 5) is 2.47. The van der Waals surface area contributed by atoms with Crippen LogP contribution in [0.3, 0.4) is 0 Å². The summed E-state index contributed by atoms with van der Waals surface area (Å²) in [7, 11) is 0. The third kappa shape index (κ3) is 3.07.